The van der Waals surface area contributed by atoms with Gasteiger partial charge in [-0.05, 0) is 24.3 Å². The highest BCUT2D eigenvalue weighted by molar-refractivity contribution is 5.70. The Kier molecular flexibility index (Phi) is 3.85. The van der Waals surface area contributed by atoms with Crippen molar-refractivity contribution in [1.29, 1.82) is 5.26 Å². The number of fused-ring (bicyclic) bond motifs is 2. The molecule has 9 heteroatoms. The Hall–Kier alpha value is -3.80. The van der Waals surface area contributed by atoms with Gasteiger partial charge in [0.25, 0.3) is 0 Å². The second kappa shape index (κ2) is 6.13. The first kappa shape index (κ1) is 17.6. The van der Waals surface area contributed by atoms with E-state index >= 15 is 0 Å². The second-order valence-electron chi connectivity index (χ2n) is 6.32. The molecule has 0 amide bonds. The van der Waals surface area contributed by atoms with Crippen molar-refractivity contribution < 1.29 is 18.6 Å². The van der Waals surface area contributed by atoms with Crippen molar-refractivity contribution in [2.24, 2.45) is 7.05 Å². The maximum absolute atomic E-state index is 14.7. The molecule has 1 aromatic heterocycles. The fourth-order valence-electron chi connectivity index (χ4n) is 3.44. The molecule has 28 heavy (non-hydrogen) atoms. The Labute approximate surface area is 157 Å². The van der Waals surface area contributed by atoms with Gasteiger partial charge >= 0.3 is 5.69 Å². The van der Waals surface area contributed by atoms with Crippen LogP contribution in [0.3, 0.4) is 0 Å². The van der Waals surface area contributed by atoms with Crippen LogP contribution in [0.15, 0.2) is 40.6 Å². The molecule has 2 heterocycles. The zero-order valence-electron chi connectivity index (χ0n) is 14.8. The van der Waals surface area contributed by atoms with E-state index in [-0.39, 0.29) is 22.4 Å². The second-order valence-corrected chi connectivity index (χ2v) is 6.32. The van der Waals surface area contributed by atoms with E-state index in [9.17, 15) is 18.7 Å². The van der Waals surface area contributed by atoms with Gasteiger partial charge in [-0.2, -0.15) is 5.26 Å². The number of nitrogens with zero attached hydrogens (tertiary/aromatic N) is 3. The highest BCUT2D eigenvalue weighted by Crippen LogP contribution is 2.23. The van der Waals surface area contributed by atoms with E-state index in [1.807, 2.05) is 0 Å². The van der Waals surface area contributed by atoms with E-state index in [2.05, 4.69) is 5.32 Å². The highest BCUT2D eigenvalue weighted by Gasteiger charge is 2.27. The van der Waals surface area contributed by atoms with Crippen LogP contribution in [0.25, 0.3) is 17.5 Å². The van der Waals surface area contributed by atoms with Crippen LogP contribution >= 0.6 is 0 Å². The predicted molar refractivity (Wildman–Crippen MR) is 95.5 cm³/mol. The number of imidazole rings is 1. The van der Waals surface area contributed by atoms with Gasteiger partial charge in [-0.1, -0.05) is 0 Å². The number of aromatic nitrogens is 2. The number of aliphatic hydroxyl groups excluding tert-OH is 1. The number of nitrogens with one attached hydrogen (secondary N) is 1. The molecular formula is C19H14F2N4O3. The van der Waals surface area contributed by atoms with E-state index in [4.69, 9.17) is 10.00 Å². The van der Waals surface area contributed by atoms with Gasteiger partial charge in [0.2, 0.25) is 0 Å². The monoisotopic (exact) mass is 384 g/mol. The number of ether oxygens (including phenoxy) is 1. The molecule has 0 radical (unpaired) electrons. The first-order valence-corrected chi connectivity index (χ1v) is 8.22. The molecule has 1 aliphatic carbocycles. The maximum atomic E-state index is 14.7. The van der Waals surface area contributed by atoms with Crippen LogP contribution < -0.4 is 21.7 Å². The van der Waals surface area contributed by atoms with E-state index in [1.54, 1.807) is 18.3 Å². The quantitative estimate of drug-likeness (QED) is 0.770. The first-order valence-electron chi connectivity index (χ1n) is 8.22. The Morgan fingerprint density at radius 3 is 2.61 bits per heavy atom. The standard InChI is InChI=1S/C19H14F2N4O3/c1-24-14-8-23-13-6-16(28-2)15(26)5-10(13)17(14)25(19(24)27)18-11(20)3-9(7-22)4-12(18)21/h3-6,8,13,23,26H,1-2H3. The van der Waals surface area contributed by atoms with Gasteiger partial charge in [0.15, 0.2) is 23.2 Å². The third kappa shape index (κ3) is 2.35. The summed E-state index contributed by atoms with van der Waals surface area (Å²) in [7, 11) is 2.87. The van der Waals surface area contributed by atoms with E-state index < -0.39 is 29.1 Å². The number of methoxy groups -OCH3 is 1. The number of aliphatic hydroxyl groups is 1. The van der Waals surface area contributed by atoms with Gasteiger partial charge in [0.1, 0.15) is 5.69 Å². The molecule has 7 nitrogen and oxygen atoms in total. The summed E-state index contributed by atoms with van der Waals surface area (Å²) < 4.78 is 36.6. The normalized spacial score (nSPS) is 17.4. The number of benzene rings is 1. The lowest BCUT2D eigenvalue weighted by atomic mass is 9.98. The van der Waals surface area contributed by atoms with Gasteiger partial charge in [-0.3, -0.25) is 9.13 Å². The summed E-state index contributed by atoms with van der Waals surface area (Å²) in [5.74, 6) is -2.02. The molecule has 2 aromatic rings. The molecule has 0 saturated carbocycles. The average Bonchev–Trinajstić information content (AvgIpc) is 2.92. The van der Waals surface area contributed by atoms with Crippen LogP contribution in [-0.4, -0.2) is 27.4 Å². The van der Waals surface area contributed by atoms with Crippen molar-refractivity contribution in [3.05, 3.63) is 74.2 Å². The first-order chi connectivity index (χ1) is 13.4. The lowest BCUT2D eigenvalue weighted by Gasteiger charge is -2.24. The molecule has 142 valence electrons. The molecular weight excluding hydrogens is 370 g/mol. The van der Waals surface area contributed by atoms with E-state index in [0.717, 1.165) is 16.7 Å². The SMILES string of the molecule is COC1=CC2NC=c3c(n(-c4c(F)cc(C#N)cc4F)c(=O)n3C)=C2C=C1O. The molecule has 1 aliphatic heterocycles. The van der Waals surface area contributed by atoms with Crippen molar-refractivity contribution in [2.45, 2.75) is 6.04 Å². The van der Waals surface area contributed by atoms with Crippen molar-refractivity contribution in [2.75, 3.05) is 7.11 Å². The summed E-state index contributed by atoms with van der Waals surface area (Å²) >= 11 is 0. The molecule has 2 N–H and O–H groups in total. The van der Waals surface area contributed by atoms with Crippen LogP contribution in [-0.2, 0) is 11.8 Å². The molecule has 4 rings (SSSR count). The van der Waals surface area contributed by atoms with Crippen LogP contribution in [0.2, 0.25) is 0 Å². The summed E-state index contributed by atoms with van der Waals surface area (Å²) in [6.45, 7) is 0. The average molecular weight is 384 g/mol. The van der Waals surface area contributed by atoms with Crippen molar-refractivity contribution in [3.63, 3.8) is 0 Å². The number of hydrogen-bond acceptors (Lipinski definition) is 5. The largest absolute Gasteiger partial charge is 0.504 e. The van der Waals surface area contributed by atoms with Crippen molar-refractivity contribution >= 4 is 11.8 Å². The highest BCUT2D eigenvalue weighted by atomic mass is 19.1. The lowest BCUT2D eigenvalue weighted by molar-refractivity contribution is 0.253. The lowest BCUT2D eigenvalue weighted by Crippen LogP contribution is -2.46. The third-order valence-corrected chi connectivity index (χ3v) is 4.77. The number of hydrogen-bond donors (Lipinski definition) is 2. The zero-order valence-corrected chi connectivity index (χ0v) is 14.8. The Morgan fingerprint density at radius 1 is 1.32 bits per heavy atom. The molecule has 0 fully saturated rings. The van der Waals surface area contributed by atoms with Crippen molar-refractivity contribution in [1.82, 2.24) is 14.5 Å². The molecule has 2 aliphatic rings. The topological polar surface area (TPSA) is 92.2 Å². The van der Waals surface area contributed by atoms with Gasteiger partial charge in [0, 0.05) is 18.8 Å². The van der Waals surface area contributed by atoms with Crippen LogP contribution in [0, 0.1) is 23.0 Å². The minimum Gasteiger partial charge on any atom is -0.504 e. The third-order valence-electron chi connectivity index (χ3n) is 4.77. The predicted octanol–water partition coefficient (Wildman–Crippen LogP) is 0.172. The van der Waals surface area contributed by atoms with E-state index in [1.165, 1.54) is 24.8 Å². The fraction of sp³-hybridized carbons (Fsp3) is 0.158. The summed E-state index contributed by atoms with van der Waals surface area (Å²) in [5.41, 5.74) is -1.01. The number of rotatable bonds is 2. The minimum absolute atomic E-state index is 0.174. The number of halogens is 2. The molecule has 1 aromatic carbocycles. The zero-order chi connectivity index (χ0) is 20.2. The summed E-state index contributed by atoms with van der Waals surface area (Å²) in [5, 5.41) is 22.8. The maximum Gasteiger partial charge on any atom is 0.333 e. The molecule has 0 spiro atoms. The molecule has 0 bridgehead atoms. The van der Waals surface area contributed by atoms with Gasteiger partial charge in [-0.15, -0.1) is 0 Å². The van der Waals surface area contributed by atoms with Gasteiger partial charge < -0.3 is 15.2 Å². The molecule has 1 unspecified atom stereocenters. The molecule has 0 saturated heterocycles. The number of nitriles is 1. The fourth-order valence-corrected chi connectivity index (χ4v) is 3.44. The van der Waals surface area contributed by atoms with Crippen LogP contribution in [0.5, 0.6) is 0 Å². The van der Waals surface area contributed by atoms with Crippen LogP contribution in [0.1, 0.15) is 5.56 Å². The van der Waals surface area contributed by atoms with Crippen molar-refractivity contribution in [3.8, 4) is 11.8 Å². The van der Waals surface area contributed by atoms with Crippen LogP contribution in [0.4, 0.5) is 8.78 Å². The van der Waals surface area contributed by atoms with E-state index in [0.29, 0.717) is 10.9 Å². The Balaban J connectivity index is 2.15. The minimum atomic E-state index is -1.04. The smallest absolute Gasteiger partial charge is 0.333 e. The molecule has 1 atom stereocenters. The summed E-state index contributed by atoms with van der Waals surface area (Å²) in [6.07, 6.45) is 4.54. The Bertz CT molecular complexity index is 1290. The summed E-state index contributed by atoms with van der Waals surface area (Å²) in [4.78, 5) is 12.8. The Morgan fingerprint density at radius 2 is 2.00 bits per heavy atom. The van der Waals surface area contributed by atoms with Gasteiger partial charge in [-0.25, -0.2) is 13.6 Å². The van der Waals surface area contributed by atoms with Gasteiger partial charge in [0.05, 0.1) is 35.5 Å². The summed E-state index contributed by atoms with van der Waals surface area (Å²) in [6, 6.07) is 2.94.